The van der Waals surface area contributed by atoms with Crippen LogP contribution in [0.4, 0.5) is 0 Å². The lowest BCUT2D eigenvalue weighted by molar-refractivity contribution is 0.171. The molecular formula is C22H38N4O2. The topological polar surface area (TPSA) is 58.1 Å². The maximum atomic E-state index is 5.97. The highest BCUT2D eigenvalue weighted by Gasteiger charge is 2.15. The molecule has 2 rings (SSSR count). The van der Waals surface area contributed by atoms with Crippen molar-refractivity contribution >= 4 is 5.96 Å². The first-order valence-electron chi connectivity index (χ1n) is 10.5. The van der Waals surface area contributed by atoms with Crippen LogP contribution in [0, 0.1) is 12.8 Å². The van der Waals surface area contributed by atoms with Crippen LogP contribution in [0.5, 0.6) is 5.75 Å². The van der Waals surface area contributed by atoms with Crippen LogP contribution in [0.3, 0.4) is 0 Å². The first kappa shape index (κ1) is 22.5. The third-order valence-electron chi connectivity index (χ3n) is 5.03. The third kappa shape index (κ3) is 8.07. The summed E-state index contributed by atoms with van der Waals surface area (Å²) in [5.74, 6) is 2.36. The van der Waals surface area contributed by atoms with Crippen LogP contribution < -0.4 is 15.4 Å². The molecule has 1 aromatic rings. The Morgan fingerprint density at radius 3 is 2.71 bits per heavy atom. The molecule has 0 aliphatic carbocycles. The standard InChI is InChI=1S/C22H38N4O2/c1-18-8-9-20(21(14-18)28-13-7-12-27-4)16-25-22(23-3)24-15-19(2)17-26-10-5-6-11-26/h8-9,14,19H,5-7,10-13,15-17H2,1-4H3,(H2,23,24,25). The average molecular weight is 391 g/mol. The van der Waals surface area contributed by atoms with Gasteiger partial charge in [-0.25, -0.2) is 0 Å². The van der Waals surface area contributed by atoms with Crippen LogP contribution in [0.25, 0.3) is 0 Å². The quantitative estimate of drug-likeness (QED) is 0.346. The summed E-state index contributed by atoms with van der Waals surface area (Å²) in [6.07, 6.45) is 3.57. The highest BCUT2D eigenvalue weighted by atomic mass is 16.5. The lowest BCUT2D eigenvalue weighted by Crippen LogP contribution is -2.41. The molecule has 6 heteroatoms. The van der Waals surface area contributed by atoms with Gasteiger partial charge in [-0.15, -0.1) is 0 Å². The average Bonchev–Trinajstić information content (AvgIpc) is 3.19. The molecule has 1 atom stereocenters. The Morgan fingerprint density at radius 2 is 2.00 bits per heavy atom. The van der Waals surface area contributed by atoms with E-state index in [1.54, 1.807) is 7.11 Å². The zero-order chi connectivity index (χ0) is 20.2. The van der Waals surface area contributed by atoms with Gasteiger partial charge in [0, 0.05) is 52.4 Å². The zero-order valence-electron chi connectivity index (χ0n) is 18.1. The molecule has 0 saturated carbocycles. The molecule has 2 N–H and O–H groups in total. The first-order chi connectivity index (χ1) is 13.6. The number of aliphatic imine (C=N–C) groups is 1. The van der Waals surface area contributed by atoms with E-state index >= 15 is 0 Å². The number of hydrogen-bond donors (Lipinski definition) is 2. The normalized spacial score (nSPS) is 16.2. The van der Waals surface area contributed by atoms with Crippen LogP contribution in [0.2, 0.25) is 0 Å². The predicted octanol–water partition coefficient (Wildman–Crippen LogP) is 2.81. The first-order valence-corrected chi connectivity index (χ1v) is 10.5. The summed E-state index contributed by atoms with van der Waals surface area (Å²) in [5.41, 5.74) is 2.33. The fourth-order valence-electron chi connectivity index (χ4n) is 3.47. The van der Waals surface area contributed by atoms with Crippen LogP contribution >= 0.6 is 0 Å². The molecule has 1 heterocycles. The number of methoxy groups -OCH3 is 1. The zero-order valence-corrected chi connectivity index (χ0v) is 18.1. The van der Waals surface area contributed by atoms with Crippen LogP contribution in [0.15, 0.2) is 23.2 Å². The van der Waals surface area contributed by atoms with Gasteiger partial charge in [-0.05, 0) is 50.4 Å². The molecule has 1 aromatic carbocycles. The summed E-state index contributed by atoms with van der Waals surface area (Å²) in [4.78, 5) is 6.92. The van der Waals surface area contributed by atoms with Crippen molar-refractivity contribution in [2.24, 2.45) is 10.9 Å². The van der Waals surface area contributed by atoms with E-state index in [4.69, 9.17) is 9.47 Å². The van der Waals surface area contributed by atoms with E-state index in [0.29, 0.717) is 25.7 Å². The Bertz CT molecular complexity index is 600. The minimum Gasteiger partial charge on any atom is -0.493 e. The maximum Gasteiger partial charge on any atom is 0.191 e. The lowest BCUT2D eigenvalue weighted by Gasteiger charge is -2.21. The molecule has 0 aromatic heterocycles. The smallest absolute Gasteiger partial charge is 0.191 e. The van der Waals surface area contributed by atoms with Gasteiger partial charge in [-0.2, -0.15) is 0 Å². The molecule has 0 radical (unpaired) electrons. The van der Waals surface area contributed by atoms with E-state index in [9.17, 15) is 0 Å². The largest absolute Gasteiger partial charge is 0.493 e. The van der Waals surface area contributed by atoms with E-state index in [1.807, 2.05) is 7.05 Å². The number of nitrogens with one attached hydrogen (secondary N) is 2. The third-order valence-corrected chi connectivity index (χ3v) is 5.03. The highest BCUT2D eigenvalue weighted by molar-refractivity contribution is 5.79. The van der Waals surface area contributed by atoms with E-state index in [-0.39, 0.29) is 0 Å². The molecule has 1 aliphatic heterocycles. The molecule has 1 unspecified atom stereocenters. The summed E-state index contributed by atoms with van der Waals surface area (Å²) in [7, 11) is 3.53. The summed E-state index contributed by atoms with van der Waals surface area (Å²) in [5, 5.41) is 6.88. The van der Waals surface area contributed by atoms with Crippen molar-refractivity contribution < 1.29 is 9.47 Å². The number of rotatable bonds is 11. The predicted molar refractivity (Wildman–Crippen MR) is 116 cm³/mol. The molecular weight excluding hydrogens is 352 g/mol. The minimum absolute atomic E-state index is 0.593. The number of nitrogens with zero attached hydrogens (tertiary/aromatic N) is 2. The molecule has 0 amide bonds. The SMILES string of the molecule is CN=C(NCc1ccc(C)cc1OCCCOC)NCC(C)CN1CCCC1. The van der Waals surface area contributed by atoms with E-state index in [2.05, 4.69) is 52.6 Å². The Balaban J connectivity index is 1.79. The Labute approximate surface area is 170 Å². The fraction of sp³-hybridized carbons (Fsp3) is 0.682. The summed E-state index contributed by atoms with van der Waals surface area (Å²) < 4.78 is 11.1. The van der Waals surface area contributed by atoms with Gasteiger partial charge in [-0.3, -0.25) is 4.99 Å². The Kier molecular flexibility index (Phi) is 10.1. The van der Waals surface area contributed by atoms with Gasteiger partial charge < -0.3 is 25.0 Å². The second-order valence-electron chi connectivity index (χ2n) is 7.73. The van der Waals surface area contributed by atoms with Crippen molar-refractivity contribution in [1.29, 1.82) is 0 Å². The molecule has 0 bridgehead atoms. The summed E-state index contributed by atoms with van der Waals surface area (Å²) in [6.45, 7) is 11.0. The van der Waals surface area contributed by atoms with E-state index < -0.39 is 0 Å². The van der Waals surface area contributed by atoms with Crippen molar-refractivity contribution in [3.05, 3.63) is 29.3 Å². The summed E-state index contributed by atoms with van der Waals surface area (Å²) in [6, 6.07) is 6.34. The van der Waals surface area contributed by atoms with Gasteiger partial charge in [0.05, 0.1) is 6.61 Å². The van der Waals surface area contributed by atoms with Gasteiger partial charge in [0.2, 0.25) is 0 Å². The molecule has 6 nitrogen and oxygen atoms in total. The van der Waals surface area contributed by atoms with E-state index in [0.717, 1.165) is 36.8 Å². The van der Waals surface area contributed by atoms with Crippen LogP contribution in [0.1, 0.15) is 37.3 Å². The molecule has 158 valence electrons. The van der Waals surface area contributed by atoms with Gasteiger partial charge >= 0.3 is 0 Å². The highest BCUT2D eigenvalue weighted by Crippen LogP contribution is 2.20. The van der Waals surface area contributed by atoms with Crippen molar-refractivity contribution in [2.45, 2.75) is 39.7 Å². The lowest BCUT2D eigenvalue weighted by atomic mass is 10.1. The Hall–Kier alpha value is -1.79. The second kappa shape index (κ2) is 12.6. The van der Waals surface area contributed by atoms with Crippen molar-refractivity contribution in [3.63, 3.8) is 0 Å². The van der Waals surface area contributed by atoms with Crippen LogP contribution in [-0.4, -0.2) is 64.4 Å². The van der Waals surface area contributed by atoms with Gasteiger partial charge in [0.1, 0.15) is 5.75 Å². The second-order valence-corrected chi connectivity index (χ2v) is 7.73. The van der Waals surface area contributed by atoms with Crippen molar-refractivity contribution in [1.82, 2.24) is 15.5 Å². The van der Waals surface area contributed by atoms with Crippen molar-refractivity contribution in [3.8, 4) is 5.75 Å². The number of aryl methyl sites for hydroxylation is 1. The van der Waals surface area contributed by atoms with Crippen LogP contribution in [-0.2, 0) is 11.3 Å². The summed E-state index contributed by atoms with van der Waals surface area (Å²) >= 11 is 0. The maximum absolute atomic E-state index is 5.97. The molecule has 1 fully saturated rings. The number of ether oxygens (including phenoxy) is 2. The van der Waals surface area contributed by atoms with Crippen molar-refractivity contribution in [2.75, 3.05) is 53.6 Å². The molecule has 1 saturated heterocycles. The Morgan fingerprint density at radius 1 is 1.21 bits per heavy atom. The van der Waals surface area contributed by atoms with Gasteiger partial charge in [0.25, 0.3) is 0 Å². The van der Waals surface area contributed by atoms with Gasteiger partial charge in [0.15, 0.2) is 5.96 Å². The number of benzene rings is 1. The number of likely N-dealkylation sites (tertiary alicyclic amines) is 1. The minimum atomic E-state index is 0.593. The molecule has 28 heavy (non-hydrogen) atoms. The molecule has 1 aliphatic rings. The van der Waals surface area contributed by atoms with E-state index in [1.165, 1.54) is 31.5 Å². The monoisotopic (exact) mass is 390 g/mol. The molecule has 0 spiro atoms. The fourth-order valence-corrected chi connectivity index (χ4v) is 3.47. The van der Waals surface area contributed by atoms with Gasteiger partial charge in [-0.1, -0.05) is 19.1 Å². The number of guanidine groups is 1. The number of hydrogen-bond acceptors (Lipinski definition) is 4.